The highest BCUT2D eigenvalue weighted by atomic mass is 35.5. The van der Waals surface area contributed by atoms with Crippen LogP contribution in [0.2, 0.25) is 5.02 Å². The molecule has 2 saturated heterocycles. The van der Waals surface area contributed by atoms with Crippen molar-refractivity contribution in [3.8, 4) is 0 Å². The van der Waals surface area contributed by atoms with Gasteiger partial charge in [-0.05, 0) is 80.5 Å². The van der Waals surface area contributed by atoms with Crippen LogP contribution in [0.4, 0.5) is 0 Å². The maximum atomic E-state index is 13.3. The Morgan fingerprint density at radius 3 is 2.57 bits per heavy atom. The first-order chi connectivity index (χ1) is 17.0. The first kappa shape index (κ1) is 24.3. The van der Waals surface area contributed by atoms with Crippen LogP contribution in [0.25, 0.3) is 0 Å². The van der Waals surface area contributed by atoms with E-state index < -0.39 is 12.0 Å². The number of carboxylic acid groups (broad SMARTS) is 1. The molecule has 35 heavy (non-hydrogen) atoms. The topological polar surface area (TPSA) is 73.7 Å². The second kappa shape index (κ2) is 10.7. The third-order valence-electron chi connectivity index (χ3n) is 8.03. The Balaban J connectivity index is 1.15. The third-order valence-corrected chi connectivity index (χ3v) is 8.37. The zero-order valence-electron chi connectivity index (χ0n) is 20.2. The molecule has 2 aliphatic heterocycles. The Labute approximate surface area is 212 Å². The molecule has 1 aromatic carbocycles. The van der Waals surface area contributed by atoms with Gasteiger partial charge in [0, 0.05) is 42.6 Å². The second-order valence-corrected chi connectivity index (χ2v) is 10.7. The van der Waals surface area contributed by atoms with Crippen molar-refractivity contribution in [2.75, 3.05) is 26.2 Å². The van der Waals surface area contributed by atoms with Crippen LogP contribution in [0.3, 0.4) is 0 Å². The summed E-state index contributed by atoms with van der Waals surface area (Å²) in [5.74, 6) is -0.355. The highest BCUT2D eigenvalue weighted by Crippen LogP contribution is 2.33. The first-order valence-electron chi connectivity index (χ1n) is 13.0. The minimum atomic E-state index is -0.928. The van der Waals surface area contributed by atoms with Crippen molar-refractivity contribution in [1.82, 2.24) is 14.8 Å². The van der Waals surface area contributed by atoms with Crippen LogP contribution in [0.5, 0.6) is 0 Å². The molecule has 0 bridgehead atoms. The molecule has 2 atom stereocenters. The van der Waals surface area contributed by atoms with Gasteiger partial charge in [-0.3, -0.25) is 19.5 Å². The normalized spacial score (nSPS) is 22.1. The number of aryl methyl sites for hydroxylation is 2. The average Bonchev–Trinajstić information content (AvgIpc) is 3.35. The molecule has 5 rings (SSSR count). The molecule has 1 N–H and O–H groups in total. The number of aliphatic carboxylic acids is 1. The number of rotatable bonds is 6. The summed E-state index contributed by atoms with van der Waals surface area (Å²) in [6.45, 7) is 2.59. The van der Waals surface area contributed by atoms with Crippen molar-refractivity contribution < 1.29 is 14.7 Å². The van der Waals surface area contributed by atoms with Gasteiger partial charge in [0.15, 0.2) is 0 Å². The van der Waals surface area contributed by atoms with Gasteiger partial charge in [0.2, 0.25) is 5.91 Å². The van der Waals surface area contributed by atoms with E-state index in [4.69, 9.17) is 16.6 Å². The Morgan fingerprint density at radius 1 is 1.03 bits per heavy atom. The number of piperidine rings is 1. The minimum Gasteiger partial charge on any atom is -0.480 e. The number of hydrogen-bond donors (Lipinski definition) is 1. The van der Waals surface area contributed by atoms with Crippen LogP contribution in [-0.2, 0) is 28.9 Å². The van der Waals surface area contributed by atoms with Gasteiger partial charge in [0.1, 0.15) is 6.04 Å². The van der Waals surface area contributed by atoms with Gasteiger partial charge in [-0.25, -0.2) is 0 Å². The van der Waals surface area contributed by atoms with Crippen LogP contribution in [0, 0.1) is 11.8 Å². The van der Waals surface area contributed by atoms with Gasteiger partial charge in [0.05, 0.1) is 5.92 Å². The van der Waals surface area contributed by atoms with E-state index in [1.54, 1.807) is 24.3 Å². The lowest BCUT2D eigenvalue weighted by molar-refractivity contribution is -0.144. The summed E-state index contributed by atoms with van der Waals surface area (Å²) in [7, 11) is 0. The molecule has 0 radical (unpaired) electrons. The van der Waals surface area contributed by atoms with Crippen molar-refractivity contribution >= 4 is 23.5 Å². The van der Waals surface area contributed by atoms with Crippen molar-refractivity contribution in [1.29, 1.82) is 0 Å². The molecule has 0 spiro atoms. The summed E-state index contributed by atoms with van der Waals surface area (Å²) in [5.41, 5.74) is 4.50. The van der Waals surface area contributed by atoms with E-state index >= 15 is 0 Å². The lowest BCUT2D eigenvalue weighted by Crippen LogP contribution is -2.43. The summed E-state index contributed by atoms with van der Waals surface area (Å²) >= 11 is 6.30. The molecule has 3 heterocycles. The van der Waals surface area contributed by atoms with Crippen molar-refractivity contribution in [3.63, 3.8) is 0 Å². The van der Waals surface area contributed by atoms with Crippen molar-refractivity contribution in [2.45, 2.75) is 57.4 Å². The first-order valence-corrected chi connectivity index (χ1v) is 13.3. The monoisotopic (exact) mass is 495 g/mol. The van der Waals surface area contributed by atoms with Crippen LogP contribution < -0.4 is 0 Å². The zero-order chi connectivity index (χ0) is 24.4. The van der Waals surface area contributed by atoms with E-state index in [-0.39, 0.29) is 11.8 Å². The number of carbonyl (C=O) groups is 2. The Morgan fingerprint density at radius 2 is 1.80 bits per heavy atom. The Bertz CT molecular complexity index is 1080. The standard InChI is InChI=1S/C28H34ClN3O3/c29-24-7-3-2-6-23(24)26(28(34)35)32-16-13-21(18-32)27(33)31-14-11-19(12-15-31)17-22-10-9-20-5-1-4-8-25(20)30-22/h2-3,6-7,9-10,19,21,26H,1,4-5,8,11-18H2,(H,34,35)/t21-,26+/m1/s1. The van der Waals surface area contributed by atoms with Gasteiger partial charge in [-0.15, -0.1) is 0 Å². The largest absolute Gasteiger partial charge is 0.480 e. The quantitative estimate of drug-likeness (QED) is 0.636. The fourth-order valence-corrected chi connectivity index (χ4v) is 6.30. The summed E-state index contributed by atoms with van der Waals surface area (Å²) in [5, 5.41) is 10.3. The molecule has 1 amide bonds. The molecule has 2 aromatic rings. The molecule has 1 aromatic heterocycles. The van der Waals surface area contributed by atoms with Crippen LogP contribution in [0.1, 0.15) is 60.7 Å². The number of carbonyl (C=O) groups excluding carboxylic acids is 1. The lowest BCUT2D eigenvalue weighted by atomic mass is 9.90. The molecule has 1 aliphatic carbocycles. The van der Waals surface area contributed by atoms with Gasteiger partial charge < -0.3 is 10.0 Å². The van der Waals surface area contributed by atoms with Gasteiger partial charge in [-0.2, -0.15) is 0 Å². The summed E-state index contributed by atoms with van der Waals surface area (Å²) in [6.07, 6.45) is 8.46. The number of aromatic nitrogens is 1. The zero-order valence-corrected chi connectivity index (χ0v) is 20.9. The number of likely N-dealkylation sites (tertiary alicyclic amines) is 2. The molecular weight excluding hydrogens is 462 g/mol. The molecular formula is C28H34ClN3O3. The number of halogens is 1. The van der Waals surface area contributed by atoms with Crippen LogP contribution >= 0.6 is 11.6 Å². The molecule has 6 nitrogen and oxygen atoms in total. The number of fused-ring (bicyclic) bond motifs is 1. The fourth-order valence-electron chi connectivity index (χ4n) is 6.06. The molecule has 2 fully saturated rings. The second-order valence-electron chi connectivity index (χ2n) is 10.3. The number of carboxylic acids is 1. The van der Waals surface area contributed by atoms with Crippen LogP contribution in [-0.4, -0.2) is 57.9 Å². The molecule has 0 unspecified atom stereocenters. The fraction of sp³-hybridized carbons (Fsp3) is 0.536. The Hall–Kier alpha value is -2.44. The molecule has 0 saturated carbocycles. The van der Waals surface area contributed by atoms with E-state index in [1.165, 1.54) is 29.8 Å². The van der Waals surface area contributed by atoms with Gasteiger partial charge >= 0.3 is 5.97 Å². The number of pyridine rings is 1. The van der Waals surface area contributed by atoms with Crippen molar-refractivity contribution in [2.24, 2.45) is 11.8 Å². The summed E-state index contributed by atoms with van der Waals surface area (Å²) in [6, 6.07) is 10.7. The highest BCUT2D eigenvalue weighted by Gasteiger charge is 2.39. The predicted molar refractivity (Wildman–Crippen MR) is 135 cm³/mol. The van der Waals surface area contributed by atoms with E-state index in [0.29, 0.717) is 36.0 Å². The number of hydrogen-bond acceptors (Lipinski definition) is 4. The summed E-state index contributed by atoms with van der Waals surface area (Å²) in [4.78, 5) is 34.2. The minimum absolute atomic E-state index is 0.154. The molecule has 3 aliphatic rings. The van der Waals surface area contributed by atoms with E-state index in [0.717, 1.165) is 45.2 Å². The SMILES string of the molecule is O=C(O)[C@H](c1ccccc1Cl)N1CC[C@@H](C(=O)N2CCC(Cc3ccc4c(n3)CCCC4)CC2)C1. The highest BCUT2D eigenvalue weighted by molar-refractivity contribution is 6.31. The molecule has 7 heteroatoms. The Kier molecular flexibility index (Phi) is 7.40. The lowest BCUT2D eigenvalue weighted by Gasteiger charge is -2.34. The molecule has 186 valence electrons. The maximum absolute atomic E-state index is 13.3. The van der Waals surface area contributed by atoms with E-state index in [2.05, 4.69) is 12.1 Å². The van der Waals surface area contributed by atoms with Crippen molar-refractivity contribution in [3.05, 3.63) is 63.9 Å². The van der Waals surface area contributed by atoms with Gasteiger partial charge in [-0.1, -0.05) is 35.9 Å². The van der Waals surface area contributed by atoms with Gasteiger partial charge in [0.25, 0.3) is 0 Å². The number of amides is 1. The number of benzene rings is 1. The summed E-state index contributed by atoms with van der Waals surface area (Å²) < 4.78 is 0. The smallest absolute Gasteiger partial charge is 0.325 e. The maximum Gasteiger partial charge on any atom is 0.325 e. The van der Waals surface area contributed by atoms with E-state index in [9.17, 15) is 14.7 Å². The van der Waals surface area contributed by atoms with E-state index in [1.807, 2.05) is 9.80 Å². The predicted octanol–water partition coefficient (Wildman–Crippen LogP) is 4.54. The van der Waals surface area contributed by atoms with Crippen LogP contribution in [0.15, 0.2) is 36.4 Å². The number of nitrogens with zero attached hydrogens (tertiary/aromatic N) is 3. The third kappa shape index (κ3) is 5.39. The average molecular weight is 496 g/mol.